The van der Waals surface area contributed by atoms with Gasteiger partial charge in [-0.25, -0.2) is 9.97 Å². The van der Waals surface area contributed by atoms with Gasteiger partial charge in [0.05, 0.1) is 0 Å². The minimum atomic E-state index is -3.77. The van der Waals surface area contributed by atoms with Crippen molar-refractivity contribution in [2.24, 2.45) is 0 Å². The third kappa shape index (κ3) is 2.87. The highest BCUT2D eigenvalue weighted by atomic mass is 19.3. The molecule has 0 aliphatic heterocycles. The Labute approximate surface area is 127 Å². The molecule has 6 nitrogen and oxygen atoms in total. The van der Waals surface area contributed by atoms with Gasteiger partial charge in [0.25, 0.3) is 5.91 Å². The van der Waals surface area contributed by atoms with Crippen LogP contribution in [0, 0.1) is 0 Å². The molecule has 1 N–H and O–H groups in total. The summed E-state index contributed by atoms with van der Waals surface area (Å²) in [6.45, 7) is -0.0434. The van der Waals surface area contributed by atoms with Crippen LogP contribution in [0.1, 0.15) is 24.8 Å². The summed E-state index contributed by atoms with van der Waals surface area (Å²) < 4.78 is 28.2. The van der Waals surface area contributed by atoms with Gasteiger partial charge in [-0.1, -0.05) is 0 Å². The summed E-state index contributed by atoms with van der Waals surface area (Å²) in [5.41, 5.74) is -1.67. The van der Waals surface area contributed by atoms with E-state index >= 15 is 0 Å². The van der Waals surface area contributed by atoms with E-state index in [0.717, 1.165) is 4.90 Å². The lowest BCUT2D eigenvalue weighted by molar-refractivity contribution is -0.223. The van der Waals surface area contributed by atoms with Gasteiger partial charge >= 0.3 is 5.92 Å². The molecule has 1 heterocycles. The van der Waals surface area contributed by atoms with Gasteiger partial charge in [-0.15, -0.1) is 0 Å². The van der Waals surface area contributed by atoms with Crippen LogP contribution in [0.25, 0.3) is 0 Å². The fourth-order valence-electron chi connectivity index (χ4n) is 2.27. The average molecular weight is 314 g/mol. The topological polar surface area (TPSA) is 69.6 Å². The van der Waals surface area contributed by atoms with E-state index in [1.54, 1.807) is 19.0 Å². The van der Waals surface area contributed by atoms with Gasteiger partial charge in [-0.3, -0.25) is 4.79 Å². The maximum atomic E-state index is 14.1. The van der Waals surface area contributed by atoms with Crippen molar-refractivity contribution in [3.63, 3.8) is 0 Å². The molecular formula is C14H20F2N4O2. The lowest BCUT2D eigenvalue weighted by atomic mass is 9.75. The van der Waals surface area contributed by atoms with Crippen molar-refractivity contribution in [2.45, 2.75) is 37.3 Å². The summed E-state index contributed by atoms with van der Waals surface area (Å²) in [4.78, 5) is 22.7. The van der Waals surface area contributed by atoms with Crippen molar-refractivity contribution >= 4 is 11.9 Å². The number of anilines is 1. The second kappa shape index (κ2) is 5.75. The van der Waals surface area contributed by atoms with E-state index in [9.17, 15) is 18.7 Å². The Kier molecular flexibility index (Phi) is 4.32. The van der Waals surface area contributed by atoms with Crippen LogP contribution in [-0.4, -0.2) is 58.5 Å². The molecule has 0 radical (unpaired) electrons. The van der Waals surface area contributed by atoms with Crippen molar-refractivity contribution in [3.8, 4) is 0 Å². The number of hydrogen-bond acceptors (Lipinski definition) is 5. The number of alkyl halides is 2. The van der Waals surface area contributed by atoms with Gasteiger partial charge in [0, 0.05) is 45.6 Å². The van der Waals surface area contributed by atoms with E-state index in [-0.39, 0.29) is 19.4 Å². The number of carbonyl (C=O) groups excluding carboxylic acids is 1. The second-order valence-corrected chi connectivity index (χ2v) is 5.91. The summed E-state index contributed by atoms with van der Waals surface area (Å²) in [5, 5.41) is 9.79. The first kappa shape index (κ1) is 16.5. The molecule has 0 atom stereocenters. The van der Waals surface area contributed by atoms with Gasteiger partial charge in [0.2, 0.25) is 5.95 Å². The van der Waals surface area contributed by atoms with E-state index < -0.39 is 17.4 Å². The Bertz CT molecular complexity index is 544. The molecule has 22 heavy (non-hydrogen) atoms. The van der Waals surface area contributed by atoms with Crippen LogP contribution in [0.4, 0.5) is 14.7 Å². The Hall–Kier alpha value is -1.83. The van der Waals surface area contributed by atoms with Crippen LogP contribution < -0.4 is 4.90 Å². The van der Waals surface area contributed by atoms with Crippen LogP contribution >= 0.6 is 0 Å². The molecule has 1 aliphatic carbocycles. The molecule has 0 saturated heterocycles. The summed E-state index contributed by atoms with van der Waals surface area (Å²) in [5.74, 6) is -4.66. The van der Waals surface area contributed by atoms with E-state index in [1.807, 2.05) is 0 Å². The first-order valence-electron chi connectivity index (χ1n) is 7.01. The van der Waals surface area contributed by atoms with Crippen molar-refractivity contribution in [1.29, 1.82) is 0 Å². The number of halogens is 2. The summed E-state index contributed by atoms with van der Waals surface area (Å²) in [7, 11) is 4.84. The number of aromatic nitrogens is 2. The second-order valence-electron chi connectivity index (χ2n) is 5.91. The molecule has 122 valence electrons. The fourth-order valence-corrected chi connectivity index (χ4v) is 2.27. The Morgan fingerprint density at radius 3 is 2.27 bits per heavy atom. The molecule has 0 unspecified atom stereocenters. The van der Waals surface area contributed by atoms with Gasteiger partial charge in [0.1, 0.15) is 5.60 Å². The highest BCUT2D eigenvalue weighted by Crippen LogP contribution is 2.45. The van der Waals surface area contributed by atoms with E-state index in [2.05, 4.69) is 9.97 Å². The maximum absolute atomic E-state index is 14.1. The first-order chi connectivity index (χ1) is 10.2. The van der Waals surface area contributed by atoms with Crippen molar-refractivity contribution in [1.82, 2.24) is 14.9 Å². The van der Waals surface area contributed by atoms with Crippen LogP contribution in [0.3, 0.4) is 0 Å². The molecule has 8 heteroatoms. The summed E-state index contributed by atoms with van der Waals surface area (Å²) in [6, 6.07) is 0. The first-order valence-corrected chi connectivity index (χ1v) is 7.01. The van der Waals surface area contributed by atoms with E-state index in [0.29, 0.717) is 17.9 Å². The van der Waals surface area contributed by atoms with Crippen LogP contribution in [-0.2, 0) is 11.3 Å². The minimum absolute atomic E-state index is 0.0434. The van der Waals surface area contributed by atoms with Crippen molar-refractivity contribution in [2.75, 3.05) is 26.0 Å². The molecule has 2 rings (SSSR count). The summed E-state index contributed by atoms with van der Waals surface area (Å²) in [6.07, 6.45) is 3.37. The molecule has 1 amide bonds. The standard InChI is InChI=1S/C14H20F2N4O2/c1-19(2)12-17-7-10(8-18-12)9-20(3)11(21)14(15,16)13(22)5-4-6-13/h7-8,22H,4-6,9H2,1-3H3. The molecular weight excluding hydrogens is 294 g/mol. The number of nitrogens with zero attached hydrogens (tertiary/aromatic N) is 4. The lowest BCUT2D eigenvalue weighted by Gasteiger charge is -2.42. The van der Waals surface area contributed by atoms with Gasteiger partial charge in [-0.05, 0) is 19.3 Å². The molecule has 1 aromatic rings. The van der Waals surface area contributed by atoms with E-state index in [1.165, 1.54) is 19.4 Å². The molecule has 0 bridgehead atoms. The zero-order valence-electron chi connectivity index (χ0n) is 12.9. The van der Waals surface area contributed by atoms with Crippen LogP contribution in [0.2, 0.25) is 0 Å². The highest BCUT2D eigenvalue weighted by molar-refractivity contribution is 5.85. The third-order valence-corrected chi connectivity index (χ3v) is 3.89. The normalized spacial score (nSPS) is 16.8. The predicted molar refractivity (Wildman–Crippen MR) is 76.6 cm³/mol. The zero-order valence-corrected chi connectivity index (χ0v) is 12.9. The monoisotopic (exact) mass is 314 g/mol. The maximum Gasteiger partial charge on any atom is 0.352 e. The Balaban J connectivity index is 2.05. The fraction of sp³-hybridized carbons (Fsp3) is 0.643. The van der Waals surface area contributed by atoms with Crippen LogP contribution in [0.15, 0.2) is 12.4 Å². The summed E-state index contributed by atoms with van der Waals surface area (Å²) >= 11 is 0. The van der Waals surface area contributed by atoms with E-state index in [4.69, 9.17) is 0 Å². The minimum Gasteiger partial charge on any atom is -0.383 e. The third-order valence-electron chi connectivity index (χ3n) is 3.89. The SMILES string of the molecule is CN(Cc1cnc(N(C)C)nc1)C(=O)C(F)(F)C1(O)CCC1. The molecule has 1 aromatic heterocycles. The van der Waals surface area contributed by atoms with Gasteiger partial charge in [-0.2, -0.15) is 8.78 Å². The zero-order chi connectivity index (χ0) is 16.5. The van der Waals surface area contributed by atoms with Gasteiger partial charge in [0.15, 0.2) is 0 Å². The Morgan fingerprint density at radius 2 is 1.86 bits per heavy atom. The lowest BCUT2D eigenvalue weighted by Crippen LogP contribution is -2.60. The molecule has 1 saturated carbocycles. The average Bonchev–Trinajstić information content (AvgIpc) is 2.44. The van der Waals surface area contributed by atoms with Crippen molar-refractivity contribution in [3.05, 3.63) is 18.0 Å². The molecule has 0 spiro atoms. The quantitative estimate of drug-likeness (QED) is 0.880. The molecule has 1 fully saturated rings. The predicted octanol–water partition coefficient (Wildman–Crippen LogP) is 1.05. The number of hydrogen-bond donors (Lipinski definition) is 1. The Morgan fingerprint density at radius 1 is 1.32 bits per heavy atom. The number of carbonyl (C=O) groups is 1. The van der Waals surface area contributed by atoms with Crippen molar-refractivity contribution < 1.29 is 18.7 Å². The van der Waals surface area contributed by atoms with Gasteiger partial charge < -0.3 is 14.9 Å². The molecule has 1 aliphatic rings. The largest absolute Gasteiger partial charge is 0.383 e. The number of amides is 1. The van der Waals surface area contributed by atoms with Crippen LogP contribution in [0.5, 0.6) is 0 Å². The number of aliphatic hydroxyl groups is 1. The number of rotatable bonds is 5. The highest BCUT2D eigenvalue weighted by Gasteiger charge is 2.61. The smallest absolute Gasteiger partial charge is 0.352 e. The molecule has 0 aromatic carbocycles.